The first-order valence-corrected chi connectivity index (χ1v) is 15.8. The van der Waals surface area contributed by atoms with E-state index in [1.54, 1.807) is 12.1 Å². The molecule has 2 aliphatic rings. The molecule has 0 aromatic heterocycles. The Morgan fingerprint density at radius 2 is 1.59 bits per heavy atom. The molecule has 1 atom stereocenters. The maximum atomic E-state index is 12.8. The number of sulfone groups is 1. The van der Waals surface area contributed by atoms with Crippen LogP contribution < -0.4 is 16.1 Å². The lowest BCUT2D eigenvalue weighted by molar-refractivity contribution is -0.126. The van der Waals surface area contributed by atoms with E-state index < -0.39 is 9.84 Å². The van der Waals surface area contributed by atoms with Crippen molar-refractivity contribution >= 4 is 21.8 Å². The molecule has 2 fully saturated rings. The second-order valence-corrected chi connectivity index (χ2v) is 12.7. The van der Waals surface area contributed by atoms with Crippen LogP contribution in [0.5, 0.6) is 0 Å². The first-order valence-electron chi connectivity index (χ1n) is 13.9. The molecule has 0 radical (unpaired) electrons. The summed E-state index contributed by atoms with van der Waals surface area (Å²) in [5.74, 6) is -0.118. The average Bonchev–Trinajstić information content (AvgIpc) is 2.92. The summed E-state index contributed by atoms with van der Waals surface area (Å²) in [7, 11) is -3.25. The molecule has 9 nitrogen and oxygen atoms in total. The molecule has 1 saturated heterocycles. The van der Waals surface area contributed by atoms with Crippen molar-refractivity contribution in [1.29, 1.82) is 0 Å². The number of hydrogen-bond donors (Lipinski definition) is 3. The lowest BCUT2D eigenvalue weighted by atomic mass is 9.96. The predicted molar refractivity (Wildman–Crippen MR) is 152 cm³/mol. The zero-order valence-corrected chi connectivity index (χ0v) is 23.6. The van der Waals surface area contributed by atoms with Crippen molar-refractivity contribution in [2.45, 2.75) is 61.9 Å². The second-order valence-electron chi connectivity index (χ2n) is 10.7. The van der Waals surface area contributed by atoms with Gasteiger partial charge in [0.15, 0.2) is 9.84 Å². The van der Waals surface area contributed by atoms with Crippen molar-refractivity contribution in [2.75, 3.05) is 39.0 Å². The number of benzene rings is 2. The summed E-state index contributed by atoms with van der Waals surface area (Å²) < 4.78 is 23.2. The molecule has 39 heavy (non-hydrogen) atoms. The Morgan fingerprint density at radius 3 is 2.23 bits per heavy atom. The third-order valence-electron chi connectivity index (χ3n) is 7.55. The van der Waals surface area contributed by atoms with E-state index in [4.69, 9.17) is 0 Å². The Labute approximate surface area is 232 Å². The van der Waals surface area contributed by atoms with Crippen LogP contribution in [0.3, 0.4) is 0 Å². The standard InChI is InChI=1S/C29H41N5O4S/c1-39(37,38)26-14-12-23(13-15-26)22-28(35)32-34-20-18-33(19-21-34)17-16-27(24-8-4-2-5-9-24)31-29(36)30-25-10-6-3-7-11-25/h2,4-5,8-9,12-15,25,27H,3,6-7,10-11,16-22H2,1H3,(H,32,35)(H2,30,31,36). The smallest absolute Gasteiger partial charge is 0.315 e. The highest BCUT2D eigenvalue weighted by atomic mass is 32.2. The minimum Gasteiger partial charge on any atom is -0.335 e. The summed E-state index contributed by atoms with van der Waals surface area (Å²) in [6.45, 7) is 3.91. The van der Waals surface area contributed by atoms with E-state index in [2.05, 4.69) is 33.1 Å². The van der Waals surface area contributed by atoms with Crippen molar-refractivity contribution < 1.29 is 18.0 Å². The molecule has 2 aromatic rings. The fourth-order valence-corrected chi connectivity index (χ4v) is 5.92. The number of hydrazine groups is 1. The van der Waals surface area contributed by atoms with Crippen LogP contribution in [0.15, 0.2) is 59.5 Å². The van der Waals surface area contributed by atoms with Gasteiger partial charge >= 0.3 is 6.03 Å². The molecule has 1 heterocycles. The number of hydrogen-bond acceptors (Lipinski definition) is 6. The van der Waals surface area contributed by atoms with E-state index in [1.165, 1.54) is 37.7 Å². The summed E-state index contributed by atoms with van der Waals surface area (Å²) in [5, 5.41) is 8.32. The summed E-state index contributed by atoms with van der Waals surface area (Å²) in [6.07, 6.45) is 7.89. The van der Waals surface area contributed by atoms with Gasteiger partial charge in [0, 0.05) is 45.0 Å². The van der Waals surface area contributed by atoms with Gasteiger partial charge in [-0.3, -0.25) is 10.2 Å². The van der Waals surface area contributed by atoms with Gasteiger partial charge in [-0.05, 0) is 42.5 Å². The molecule has 1 saturated carbocycles. The molecule has 3 amide bonds. The minimum absolute atomic E-state index is 0.0680. The number of rotatable bonds is 10. The lowest BCUT2D eigenvalue weighted by Gasteiger charge is -2.35. The molecule has 2 aromatic carbocycles. The molecular weight excluding hydrogens is 514 g/mol. The minimum atomic E-state index is -3.25. The molecule has 10 heteroatoms. The molecule has 1 aliphatic heterocycles. The van der Waals surface area contributed by atoms with Crippen molar-refractivity contribution in [3.63, 3.8) is 0 Å². The largest absolute Gasteiger partial charge is 0.335 e. The Hall–Kier alpha value is -2.95. The first-order chi connectivity index (χ1) is 18.8. The van der Waals surface area contributed by atoms with Gasteiger partial charge in [-0.2, -0.15) is 0 Å². The second kappa shape index (κ2) is 13.9. The van der Waals surface area contributed by atoms with Crippen LogP contribution in [0.25, 0.3) is 0 Å². The van der Waals surface area contributed by atoms with Gasteiger partial charge < -0.3 is 15.5 Å². The average molecular weight is 556 g/mol. The fourth-order valence-electron chi connectivity index (χ4n) is 5.29. The summed E-state index contributed by atoms with van der Waals surface area (Å²) in [4.78, 5) is 27.9. The number of carbonyl (C=O) groups excluding carboxylic acids is 2. The molecule has 3 N–H and O–H groups in total. The van der Waals surface area contributed by atoms with Crippen molar-refractivity contribution in [3.8, 4) is 0 Å². The van der Waals surface area contributed by atoms with E-state index in [9.17, 15) is 18.0 Å². The highest BCUT2D eigenvalue weighted by Gasteiger charge is 2.22. The van der Waals surface area contributed by atoms with E-state index >= 15 is 0 Å². The van der Waals surface area contributed by atoms with Gasteiger partial charge in [-0.1, -0.05) is 61.7 Å². The summed E-state index contributed by atoms with van der Waals surface area (Å²) in [5.41, 5.74) is 4.84. The zero-order chi connectivity index (χ0) is 27.7. The van der Waals surface area contributed by atoms with Crippen LogP contribution >= 0.6 is 0 Å². The van der Waals surface area contributed by atoms with Crippen LogP contribution in [-0.2, 0) is 21.1 Å². The topological polar surface area (TPSA) is 111 Å². The van der Waals surface area contributed by atoms with E-state index in [0.717, 1.165) is 50.0 Å². The van der Waals surface area contributed by atoms with Crippen LogP contribution in [0.4, 0.5) is 4.79 Å². The molecule has 1 aliphatic carbocycles. The summed E-state index contributed by atoms with van der Waals surface area (Å²) in [6, 6.07) is 16.7. The lowest BCUT2D eigenvalue weighted by Crippen LogP contribution is -2.54. The Morgan fingerprint density at radius 1 is 0.923 bits per heavy atom. The maximum absolute atomic E-state index is 12.8. The van der Waals surface area contributed by atoms with Gasteiger partial charge in [-0.15, -0.1) is 0 Å². The first kappa shape index (κ1) is 29.0. The van der Waals surface area contributed by atoms with E-state index in [1.807, 2.05) is 23.2 Å². The van der Waals surface area contributed by atoms with Crippen molar-refractivity contribution in [3.05, 3.63) is 65.7 Å². The van der Waals surface area contributed by atoms with Gasteiger partial charge in [0.05, 0.1) is 17.4 Å². The number of carbonyl (C=O) groups is 2. The van der Waals surface area contributed by atoms with Crippen molar-refractivity contribution in [2.24, 2.45) is 0 Å². The normalized spacial score (nSPS) is 18.3. The number of amides is 3. The number of urea groups is 1. The quantitative estimate of drug-likeness (QED) is 0.416. The van der Waals surface area contributed by atoms with Gasteiger partial charge in [-0.25, -0.2) is 18.2 Å². The molecule has 1 unspecified atom stereocenters. The summed E-state index contributed by atoms with van der Waals surface area (Å²) >= 11 is 0. The monoisotopic (exact) mass is 555 g/mol. The van der Waals surface area contributed by atoms with Crippen molar-refractivity contribution in [1.82, 2.24) is 26.0 Å². The Balaban J connectivity index is 1.21. The van der Waals surface area contributed by atoms with Crippen LogP contribution in [0.1, 0.15) is 55.7 Å². The van der Waals surface area contributed by atoms with E-state index in [-0.39, 0.29) is 35.3 Å². The predicted octanol–water partition coefficient (Wildman–Crippen LogP) is 3.04. The zero-order valence-electron chi connectivity index (χ0n) is 22.8. The number of nitrogens with zero attached hydrogens (tertiary/aromatic N) is 2. The fraction of sp³-hybridized carbons (Fsp3) is 0.517. The van der Waals surface area contributed by atoms with Crippen LogP contribution in [0.2, 0.25) is 0 Å². The molecule has 0 bridgehead atoms. The maximum Gasteiger partial charge on any atom is 0.315 e. The van der Waals surface area contributed by atoms with Gasteiger partial charge in [0.25, 0.3) is 0 Å². The third-order valence-corrected chi connectivity index (χ3v) is 8.68. The highest BCUT2D eigenvalue weighted by molar-refractivity contribution is 7.90. The van der Waals surface area contributed by atoms with Gasteiger partial charge in [0.1, 0.15) is 0 Å². The third kappa shape index (κ3) is 9.33. The van der Waals surface area contributed by atoms with Crippen LogP contribution in [-0.4, -0.2) is 75.3 Å². The Bertz CT molecular complexity index is 1180. The van der Waals surface area contributed by atoms with E-state index in [0.29, 0.717) is 13.1 Å². The molecule has 212 valence electrons. The molecule has 0 spiro atoms. The molecular formula is C29H41N5O4S. The van der Waals surface area contributed by atoms with Crippen LogP contribution in [0, 0.1) is 0 Å². The van der Waals surface area contributed by atoms with Gasteiger partial charge in [0.2, 0.25) is 5.91 Å². The number of nitrogens with one attached hydrogen (secondary N) is 3. The molecule has 4 rings (SSSR count). The number of piperazine rings is 1. The Kier molecular flexibility index (Phi) is 10.4. The highest BCUT2D eigenvalue weighted by Crippen LogP contribution is 2.20. The SMILES string of the molecule is CS(=O)(=O)c1ccc(CC(=O)NN2CCN(CCC(NC(=O)NC3CCCCC3)c3ccccc3)CC2)cc1.